The molecule has 20 heavy (non-hydrogen) atoms. The van der Waals surface area contributed by atoms with Crippen molar-refractivity contribution < 1.29 is 9.18 Å². The number of nitrogens with zero attached hydrogens (tertiary/aromatic N) is 4. The van der Waals surface area contributed by atoms with Crippen molar-refractivity contribution in [1.82, 2.24) is 19.5 Å². The Morgan fingerprint density at radius 1 is 1.25 bits per heavy atom. The molecule has 6 nitrogen and oxygen atoms in total. The largest absolute Gasteiger partial charge is 0.311 e. The predicted octanol–water partition coefficient (Wildman–Crippen LogP) is 1.58. The molecular weight excluding hydrogens is 261 g/mol. The first-order valence-electron chi connectivity index (χ1n) is 5.89. The van der Waals surface area contributed by atoms with Crippen LogP contribution in [0.15, 0.2) is 36.9 Å². The highest BCUT2D eigenvalue weighted by Crippen LogP contribution is 2.18. The molecule has 0 saturated heterocycles. The molecule has 0 radical (unpaired) electrons. The summed E-state index contributed by atoms with van der Waals surface area (Å²) in [4.78, 5) is 22.7. The summed E-state index contributed by atoms with van der Waals surface area (Å²) in [6.07, 6.45) is 3.40. The molecule has 2 heterocycles. The van der Waals surface area contributed by atoms with Gasteiger partial charge in [0.15, 0.2) is 17.0 Å². The minimum atomic E-state index is -0.283. The molecule has 0 aliphatic carbocycles. The van der Waals surface area contributed by atoms with Crippen molar-refractivity contribution in [1.29, 1.82) is 0 Å². The Balaban J connectivity index is 2.03. The smallest absolute Gasteiger partial charge is 0.212 e. The standard InChI is InChI=1S/C13H10FN5O/c14-10-4-2-1-3-9(10)5-19-7-17-11-12(18-8-20)15-6-16-13(11)19/h1-4,6-8H,5H2,(H,15,16,18,20). The number of aromatic nitrogens is 4. The second-order valence-electron chi connectivity index (χ2n) is 4.12. The Morgan fingerprint density at radius 2 is 2.10 bits per heavy atom. The fraction of sp³-hybridized carbons (Fsp3) is 0.0769. The van der Waals surface area contributed by atoms with E-state index in [9.17, 15) is 9.18 Å². The molecule has 1 amide bonds. The van der Waals surface area contributed by atoms with E-state index in [0.29, 0.717) is 35.5 Å². The van der Waals surface area contributed by atoms with Gasteiger partial charge in [-0.15, -0.1) is 0 Å². The molecule has 0 atom stereocenters. The normalized spacial score (nSPS) is 10.7. The van der Waals surface area contributed by atoms with Crippen LogP contribution in [0.25, 0.3) is 11.2 Å². The molecule has 2 aromatic heterocycles. The van der Waals surface area contributed by atoms with Crippen LogP contribution in [0.2, 0.25) is 0 Å². The third-order valence-electron chi connectivity index (χ3n) is 2.90. The molecule has 1 aromatic carbocycles. The van der Waals surface area contributed by atoms with E-state index in [0.717, 1.165) is 0 Å². The van der Waals surface area contributed by atoms with Gasteiger partial charge in [0, 0.05) is 5.56 Å². The minimum absolute atomic E-state index is 0.283. The Labute approximate surface area is 113 Å². The SMILES string of the molecule is O=CNc1ncnc2c1ncn2Cc1ccccc1F. The van der Waals surface area contributed by atoms with Gasteiger partial charge in [0.25, 0.3) is 0 Å². The van der Waals surface area contributed by atoms with Crippen molar-refractivity contribution >= 4 is 23.4 Å². The number of nitrogens with one attached hydrogen (secondary N) is 1. The first-order chi connectivity index (χ1) is 9.79. The number of hydrogen-bond donors (Lipinski definition) is 1. The summed E-state index contributed by atoms with van der Waals surface area (Å²) in [5.74, 6) is 0.0481. The van der Waals surface area contributed by atoms with Crippen LogP contribution in [-0.2, 0) is 11.3 Å². The zero-order valence-corrected chi connectivity index (χ0v) is 10.3. The summed E-state index contributed by atoms with van der Waals surface area (Å²) in [5.41, 5.74) is 1.54. The second-order valence-corrected chi connectivity index (χ2v) is 4.12. The van der Waals surface area contributed by atoms with Crippen LogP contribution in [0.5, 0.6) is 0 Å². The number of halogens is 1. The number of rotatable bonds is 4. The molecule has 100 valence electrons. The van der Waals surface area contributed by atoms with Crippen molar-refractivity contribution in [3.63, 3.8) is 0 Å². The van der Waals surface area contributed by atoms with Gasteiger partial charge in [-0.25, -0.2) is 19.3 Å². The maximum absolute atomic E-state index is 13.7. The van der Waals surface area contributed by atoms with Crippen LogP contribution in [0.1, 0.15) is 5.56 Å². The third kappa shape index (κ3) is 2.09. The second kappa shape index (κ2) is 5.04. The quantitative estimate of drug-likeness (QED) is 0.731. The van der Waals surface area contributed by atoms with Crippen LogP contribution < -0.4 is 5.32 Å². The van der Waals surface area contributed by atoms with Gasteiger partial charge in [0.05, 0.1) is 12.9 Å². The summed E-state index contributed by atoms with van der Waals surface area (Å²) < 4.78 is 15.4. The fourth-order valence-electron chi connectivity index (χ4n) is 1.97. The summed E-state index contributed by atoms with van der Waals surface area (Å²) in [5, 5.41) is 2.46. The van der Waals surface area contributed by atoms with E-state index in [-0.39, 0.29) is 5.82 Å². The Bertz CT molecular complexity index is 770. The van der Waals surface area contributed by atoms with E-state index in [1.54, 1.807) is 29.1 Å². The molecule has 0 spiro atoms. The molecule has 3 rings (SSSR count). The lowest BCUT2D eigenvalue weighted by atomic mass is 10.2. The van der Waals surface area contributed by atoms with Crippen molar-refractivity contribution in [3.8, 4) is 0 Å². The molecule has 0 aliphatic heterocycles. The highest BCUT2D eigenvalue weighted by atomic mass is 19.1. The number of amides is 1. The van der Waals surface area contributed by atoms with Gasteiger partial charge in [-0.05, 0) is 6.07 Å². The average molecular weight is 271 g/mol. The summed E-state index contributed by atoms with van der Waals surface area (Å²) in [6.45, 7) is 0.306. The van der Waals surface area contributed by atoms with E-state index in [4.69, 9.17) is 0 Å². The number of imidazole rings is 1. The first kappa shape index (κ1) is 12.2. The number of hydrogen-bond acceptors (Lipinski definition) is 4. The van der Waals surface area contributed by atoms with Gasteiger partial charge < -0.3 is 9.88 Å². The van der Waals surface area contributed by atoms with Crippen LogP contribution in [0.3, 0.4) is 0 Å². The fourth-order valence-corrected chi connectivity index (χ4v) is 1.97. The van der Waals surface area contributed by atoms with Gasteiger partial charge in [-0.3, -0.25) is 4.79 Å². The van der Waals surface area contributed by atoms with Gasteiger partial charge >= 0.3 is 0 Å². The molecule has 3 aromatic rings. The lowest BCUT2D eigenvalue weighted by molar-refractivity contribution is -0.105. The average Bonchev–Trinajstić information content (AvgIpc) is 2.86. The van der Waals surface area contributed by atoms with Gasteiger partial charge in [0.2, 0.25) is 6.41 Å². The van der Waals surface area contributed by atoms with Crippen LogP contribution in [-0.4, -0.2) is 25.9 Å². The number of carbonyl (C=O) groups is 1. The lowest BCUT2D eigenvalue weighted by Gasteiger charge is -2.05. The number of carbonyl (C=O) groups excluding carboxylic acids is 1. The summed E-state index contributed by atoms with van der Waals surface area (Å²) >= 11 is 0. The van der Waals surface area contributed by atoms with E-state index in [2.05, 4.69) is 20.3 Å². The van der Waals surface area contributed by atoms with Crippen molar-refractivity contribution in [2.45, 2.75) is 6.54 Å². The maximum atomic E-state index is 13.7. The van der Waals surface area contributed by atoms with Crippen LogP contribution in [0.4, 0.5) is 10.2 Å². The first-order valence-corrected chi connectivity index (χ1v) is 5.89. The molecule has 0 aliphatic rings. The van der Waals surface area contributed by atoms with E-state index >= 15 is 0 Å². The minimum Gasteiger partial charge on any atom is -0.311 e. The lowest BCUT2D eigenvalue weighted by Crippen LogP contribution is -2.03. The van der Waals surface area contributed by atoms with Crippen LogP contribution >= 0.6 is 0 Å². The number of anilines is 1. The van der Waals surface area contributed by atoms with E-state index in [1.165, 1.54) is 12.4 Å². The molecule has 0 fully saturated rings. The van der Waals surface area contributed by atoms with Crippen molar-refractivity contribution in [3.05, 3.63) is 48.3 Å². The number of benzene rings is 1. The molecular formula is C13H10FN5O. The van der Waals surface area contributed by atoms with Crippen molar-refractivity contribution in [2.24, 2.45) is 0 Å². The Hall–Kier alpha value is -2.83. The molecule has 0 unspecified atom stereocenters. The Morgan fingerprint density at radius 3 is 2.90 bits per heavy atom. The highest BCUT2D eigenvalue weighted by molar-refractivity contribution is 5.88. The third-order valence-corrected chi connectivity index (χ3v) is 2.90. The monoisotopic (exact) mass is 271 g/mol. The van der Waals surface area contributed by atoms with E-state index in [1.807, 2.05) is 0 Å². The van der Waals surface area contributed by atoms with Crippen LogP contribution in [0, 0.1) is 5.82 Å². The van der Waals surface area contributed by atoms with Crippen molar-refractivity contribution in [2.75, 3.05) is 5.32 Å². The highest BCUT2D eigenvalue weighted by Gasteiger charge is 2.11. The topological polar surface area (TPSA) is 72.7 Å². The zero-order valence-electron chi connectivity index (χ0n) is 10.3. The van der Waals surface area contributed by atoms with Gasteiger partial charge in [-0.1, -0.05) is 18.2 Å². The Kier molecular flexibility index (Phi) is 3.08. The maximum Gasteiger partial charge on any atom is 0.212 e. The summed E-state index contributed by atoms with van der Waals surface area (Å²) in [6, 6.07) is 6.51. The molecule has 0 saturated carbocycles. The predicted molar refractivity (Wildman–Crippen MR) is 70.5 cm³/mol. The van der Waals surface area contributed by atoms with E-state index < -0.39 is 0 Å². The number of fused-ring (bicyclic) bond motifs is 1. The molecule has 0 bridgehead atoms. The molecule has 1 N–H and O–H groups in total. The summed E-state index contributed by atoms with van der Waals surface area (Å²) in [7, 11) is 0. The van der Waals surface area contributed by atoms with Gasteiger partial charge in [0.1, 0.15) is 12.1 Å². The molecule has 7 heteroatoms. The van der Waals surface area contributed by atoms with Gasteiger partial charge in [-0.2, -0.15) is 0 Å². The zero-order chi connectivity index (χ0) is 13.9.